The second-order valence-corrected chi connectivity index (χ2v) is 6.15. The molecule has 0 fully saturated rings. The van der Waals surface area contributed by atoms with Gasteiger partial charge in [-0.25, -0.2) is 4.98 Å². The molecule has 0 bridgehead atoms. The smallest absolute Gasteiger partial charge is 0.266 e. The molecule has 0 spiro atoms. The largest absolute Gasteiger partial charge is 0.332 e. The Labute approximate surface area is 134 Å². The number of likely N-dealkylation sites (N-methyl/N-ethyl adjacent to an activating group) is 1. The maximum Gasteiger partial charge on any atom is 0.266 e. The molecule has 2 rings (SSSR count). The fourth-order valence-electron chi connectivity index (χ4n) is 2.03. The van der Waals surface area contributed by atoms with E-state index in [0.717, 1.165) is 16.8 Å². The van der Waals surface area contributed by atoms with Crippen molar-refractivity contribution < 1.29 is 9.59 Å². The van der Waals surface area contributed by atoms with E-state index in [1.54, 1.807) is 19.5 Å². The Kier molecular flexibility index (Phi) is 4.92. The van der Waals surface area contributed by atoms with E-state index in [-0.39, 0.29) is 18.4 Å². The number of hydrogen-bond donors (Lipinski definition) is 1. The second kappa shape index (κ2) is 6.70. The fourth-order valence-corrected chi connectivity index (χ4v) is 2.82. The van der Waals surface area contributed by atoms with Crippen LogP contribution in [0.5, 0.6) is 0 Å². The second-order valence-electron chi connectivity index (χ2n) is 5.29. The highest BCUT2D eigenvalue weighted by Crippen LogP contribution is 2.17. The number of hydrogen-bond acceptors (Lipinski definition) is 4. The third kappa shape index (κ3) is 3.71. The Morgan fingerprint density at radius 3 is 2.64 bits per heavy atom. The fraction of sp³-hybridized carbons (Fsp3) is 0.312. The zero-order chi connectivity index (χ0) is 16.3. The molecule has 6 heteroatoms. The highest BCUT2D eigenvalue weighted by Gasteiger charge is 2.18. The van der Waals surface area contributed by atoms with Crippen LogP contribution < -0.4 is 5.32 Å². The van der Waals surface area contributed by atoms with Gasteiger partial charge >= 0.3 is 0 Å². The Balaban J connectivity index is 2.01. The molecule has 116 valence electrons. The molecule has 1 heterocycles. The van der Waals surface area contributed by atoms with Crippen molar-refractivity contribution in [2.75, 3.05) is 18.9 Å². The molecule has 0 radical (unpaired) electrons. The predicted octanol–water partition coefficient (Wildman–Crippen LogP) is 2.78. The Bertz CT molecular complexity index is 709. The van der Waals surface area contributed by atoms with Crippen LogP contribution in [0.25, 0.3) is 0 Å². The number of aromatic nitrogens is 1. The van der Waals surface area contributed by atoms with E-state index in [0.29, 0.717) is 10.6 Å². The van der Waals surface area contributed by atoms with Crippen LogP contribution >= 0.6 is 11.3 Å². The normalized spacial score (nSPS) is 10.4. The number of carbonyl (C=O) groups is 2. The molecule has 0 aliphatic carbocycles. The summed E-state index contributed by atoms with van der Waals surface area (Å²) in [5, 5.41) is 2.85. The van der Waals surface area contributed by atoms with Crippen LogP contribution in [0.4, 0.5) is 5.69 Å². The van der Waals surface area contributed by atoms with E-state index in [1.165, 1.54) is 16.2 Å². The third-order valence-electron chi connectivity index (χ3n) is 3.33. The van der Waals surface area contributed by atoms with Crippen molar-refractivity contribution in [3.05, 3.63) is 45.4 Å². The Morgan fingerprint density at radius 2 is 2.00 bits per heavy atom. The maximum atomic E-state index is 12.3. The first-order valence-electron chi connectivity index (χ1n) is 6.91. The number of nitrogens with zero attached hydrogens (tertiary/aromatic N) is 2. The molecule has 1 N–H and O–H groups in total. The van der Waals surface area contributed by atoms with Gasteiger partial charge in [0.2, 0.25) is 5.91 Å². The van der Waals surface area contributed by atoms with Gasteiger partial charge in [0.05, 0.1) is 17.7 Å². The first-order valence-corrected chi connectivity index (χ1v) is 7.79. The van der Waals surface area contributed by atoms with Crippen LogP contribution in [-0.4, -0.2) is 35.3 Å². The van der Waals surface area contributed by atoms with Crippen LogP contribution in [0.2, 0.25) is 0 Å². The summed E-state index contributed by atoms with van der Waals surface area (Å²) in [6, 6.07) is 5.87. The lowest BCUT2D eigenvalue weighted by atomic mass is 10.1. The zero-order valence-electron chi connectivity index (χ0n) is 13.1. The number of aryl methyl sites for hydroxylation is 3. The summed E-state index contributed by atoms with van der Waals surface area (Å²) in [7, 11) is 1.62. The number of benzene rings is 1. The van der Waals surface area contributed by atoms with E-state index >= 15 is 0 Å². The summed E-state index contributed by atoms with van der Waals surface area (Å²) in [6.07, 6.45) is 0. The summed E-state index contributed by atoms with van der Waals surface area (Å²) < 4.78 is 0. The minimum absolute atomic E-state index is 0.00353. The van der Waals surface area contributed by atoms with Gasteiger partial charge in [-0.2, -0.15) is 0 Å². The summed E-state index contributed by atoms with van der Waals surface area (Å²) >= 11 is 1.29. The van der Waals surface area contributed by atoms with Crippen LogP contribution in [0.1, 0.15) is 26.5 Å². The summed E-state index contributed by atoms with van der Waals surface area (Å²) in [4.78, 5) is 30.4. The Morgan fingerprint density at radius 1 is 1.27 bits per heavy atom. The average molecular weight is 317 g/mol. The van der Waals surface area contributed by atoms with Crippen LogP contribution in [0.15, 0.2) is 23.7 Å². The lowest BCUT2D eigenvalue weighted by molar-refractivity contribution is -0.116. The van der Waals surface area contributed by atoms with Crippen LogP contribution in [-0.2, 0) is 4.79 Å². The molecule has 0 aliphatic heterocycles. The highest BCUT2D eigenvalue weighted by atomic mass is 32.1. The number of carbonyl (C=O) groups excluding carboxylic acids is 2. The third-order valence-corrected chi connectivity index (χ3v) is 4.25. The van der Waals surface area contributed by atoms with Crippen molar-refractivity contribution in [3.8, 4) is 0 Å². The topological polar surface area (TPSA) is 62.3 Å². The quantitative estimate of drug-likeness (QED) is 0.943. The number of nitrogens with one attached hydrogen (secondary N) is 1. The van der Waals surface area contributed by atoms with Gasteiger partial charge in [0.25, 0.3) is 5.91 Å². The monoisotopic (exact) mass is 317 g/mol. The van der Waals surface area contributed by atoms with Crippen molar-refractivity contribution >= 4 is 28.8 Å². The van der Waals surface area contributed by atoms with E-state index in [4.69, 9.17) is 0 Å². The van der Waals surface area contributed by atoms with Gasteiger partial charge in [0.15, 0.2) is 0 Å². The van der Waals surface area contributed by atoms with Crippen molar-refractivity contribution in [1.82, 2.24) is 9.88 Å². The van der Waals surface area contributed by atoms with Gasteiger partial charge in [-0.1, -0.05) is 12.1 Å². The molecule has 0 saturated carbocycles. The van der Waals surface area contributed by atoms with Crippen molar-refractivity contribution in [2.45, 2.75) is 20.8 Å². The summed E-state index contributed by atoms with van der Waals surface area (Å²) in [5.74, 6) is -0.400. The molecular formula is C16H19N3O2S. The van der Waals surface area contributed by atoms with Crippen molar-refractivity contribution in [1.29, 1.82) is 0 Å². The van der Waals surface area contributed by atoms with Gasteiger partial charge in [0.1, 0.15) is 4.88 Å². The maximum absolute atomic E-state index is 12.3. The standard InChI is InChI=1S/C16H19N3O2S/c1-10-5-6-11(2)13(7-10)18-14(20)8-19(4)16(21)15-12(3)17-9-22-15/h5-7,9H,8H2,1-4H3,(H,18,20). The van der Waals surface area contributed by atoms with E-state index in [9.17, 15) is 9.59 Å². The molecule has 22 heavy (non-hydrogen) atoms. The molecule has 2 amide bonds. The zero-order valence-corrected chi connectivity index (χ0v) is 14.0. The molecule has 0 saturated heterocycles. The Hall–Kier alpha value is -2.21. The first kappa shape index (κ1) is 16.2. The molecular weight excluding hydrogens is 298 g/mol. The number of amides is 2. The molecule has 2 aromatic rings. The molecule has 0 aliphatic rings. The summed E-state index contributed by atoms with van der Waals surface area (Å²) in [5.41, 5.74) is 5.17. The number of anilines is 1. The number of rotatable bonds is 4. The molecule has 0 atom stereocenters. The van der Waals surface area contributed by atoms with Crippen LogP contribution in [0, 0.1) is 20.8 Å². The van der Waals surface area contributed by atoms with Gasteiger partial charge in [0, 0.05) is 12.7 Å². The molecule has 0 unspecified atom stereocenters. The van der Waals surface area contributed by atoms with E-state index in [2.05, 4.69) is 10.3 Å². The van der Waals surface area contributed by atoms with Gasteiger partial charge < -0.3 is 10.2 Å². The predicted molar refractivity (Wildman–Crippen MR) is 88.4 cm³/mol. The first-order chi connectivity index (χ1) is 10.4. The lowest BCUT2D eigenvalue weighted by Gasteiger charge is -2.17. The van der Waals surface area contributed by atoms with Crippen molar-refractivity contribution in [2.24, 2.45) is 0 Å². The van der Waals surface area contributed by atoms with Crippen LogP contribution in [0.3, 0.4) is 0 Å². The minimum Gasteiger partial charge on any atom is -0.332 e. The molecule has 5 nitrogen and oxygen atoms in total. The van der Waals surface area contributed by atoms with Crippen molar-refractivity contribution in [3.63, 3.8) is 0 Å². The molecule has 1 aromatic carbocycles. The van der Waals surface area contributed by atoms with E-state index in [1.807, 2.05) is 32.0 Å². The van der Waals surface area contributed by atoms with E-state index < -0.39 is 0 Å². The minimum atomic E-state index is -0.216. The SMILES string of the molecule is Cc1ccc(C)c(NC(=O)CN(C)C(=O)c2scnc2C)c1. The number of thiazole rings is 1. The van der Waals surface area contributed by atoms with Gasteiger partial charge in [-0.15, -0.1) is 11.3 Å². The average Bonchev–Trinajstić information content (AvgIpc) is 2.88. The van der Waals surface area contributed by atoms with Gasteiger partial charge in [-0.05, 0) is 38.0 Å². The van der Waals surface area contributed by atoms with Gasteiger partial charge in [-0.3, -0.25) is 9.59 Å². The molecule has 1 aromatic heterocycles. The highest BCUT2D eigenvalue weighted by molar-refractivity contribution is 7.11. The lowest BCUT2D eigenvalue weighted by Crippen LogP contribution is -2.35. The summed E-state index contributed by atoms with van der Waals surface area (Å²) in [6.45, 7) is 5.69.